The first kappa shape index (κ1) is 89.2. The van der Waals surface area contributed by atoms with Gasteiger partial charge in [-0.15, -0.1) is 56.7 Å². The Labute approximate surface area is 711 Å². The fraction of sp³-hybridized carbons (Fsp3) is 0.178. The van der Waals surface area contributed by atoms with Crippen molar-refractivity contribution in [3.05, 3.63) is 329 Å². The van der Waals surface area contributed by atoms with Crippen LogP contribution in [-0.4, -0.2) is 49.8 Å². The Morgan fingerprint density at radius 2 is 0.948 bits per heavy atom. The summed E-state index contributed by atoms with van der Waals surface area (Å²) in [5.74, 6) is 39.3. The van der Waals surface area contributed by atoms with Crippen molar-refractivity contribution >= 4 is 74.1 Å². The van der Waals surface area contributed by atoms with Crippen molar-refractivity contribution < 1.29 is 65.1 Å². The monoisotopic (exact) mass is 1690 g/mol. The van der Waals surface area contributed by atoms with Crippen LogP contribution in [0.15, 0.2) is 204 Å². The van der Waals surface area contributed by atoms with Gasteiger partial charge in [-0.1, -0.05) is 96.8 Å². The van der Waals surface area contributed by atoms with E-state index in [1.54, 1.807) is 112 Å². The summed E-state index contributed by atoms with van der Waals surface area (Å²) in [5, 5.41) is 18.0. The smallest absolute Gasteiger partial charge is 0.416 e. The summed E-state index contributed by atoms with van der Waals surface area (Å²) in [6.45, 7) is 17.6. The number of hydrogen-bond donors (Lipinski definition) is 0. The number of alkyl halides is 3. The number of rotatable bonds is 6. The van der Waals surface area contributed by atoms with Crippen LogP contribution in [0.5, 0.6) is 11.6 Å². The van der Waals surface area contributed by atoms with E-state index in [1.807, 2.05) is 142 Å². The Hall–Kier alpha value is -11.3. The van der Waals surface area contributed by atoms with Gasteiger partial charge in [0.05, 0.1) is 47.2 Å². The molecule has 2 saturated carbocycles. The molecule has 0 bridgehead atoms. The van der Waals surface area contributed by atoms with E-state index in [0.29, 0.717) is 34.3 Å². The molecule has 0 spiro atoms. The van der Waals surface area contributed by atoms with Crippen LogP contribution in [0.2, 0.25) is 0 Å². The van der Waals surface area contributed by atoms with Gasteiger partial charge in [0.2, 0.25) is 10.9 Å². The Morgan fingerprint density at radius 1 is 0.443 bits per heavy atom. The number of aromatic amines is 2. The number of ether oxygens (including phenoxy) is 1. The molecular weight excluding hydrogens is 1620 g/mol. The first-order valence-electron chi connectivity index (χ1n) is 35.3. The molecule has 0 unspecified atom stereocenters. The molecule has 0 radical (unpaired) electrons. The van der Waals surface area contributed by atoms with Gasteiger partial charge in [-0.2, -0.15) is 18.2 Å². The lowest BCUT2D eigenvalue weighted by Crippen LogP contribution is -3.00. The summed E-state index contributed by atoms with van der Waals surface area (Å²) < 4.78 is 43.9. The Kier molecular flexibility index (Phi) is 35.3. The molecule has 115 heavy (non-hydrogen) atoms. The average molecular weight is 1690 g/mol. The number of nitrogens with zero attached hydrogens (tertiary/aromatic N) is 10. The lowest BCUT2D eigenvalue weighted by Gasteiger charge is -2.08. The minimum absolute atomic E-state index is 0. The molecule has 578 valence electrons. The number of aryl methyl sites for hydroxylation is 7. The molecule has 0 amide bonds. The Bertz CT molecular complexity index is 5900. The topological polar surface area (TPSA) is 166 Å². The fourth-order valence-corrected chi connectivity index (χ4v) is 13.7. The summed E-state index contributed by atoms with van der Waals surface area (Å²) in [7, 11) is 0. The molecule has 2 aliphatic carbocycles. The van der Waals surface area contributed by atoms with Crippen LogP contribution < -0.4 is 51.9 Å². The Balaban J connectivity index is 0.000000173. The number of hydrogen-bond acceptors (Lipinski definition) is 17. The van der Waals surface area contributed by atoms with E-state index in [4.69, 9.17) is 4.74 Å². The van der Waals surface area contributed by atoms with Gasteiger partial charge in [0, 0.05) is 140 Å². The second-order valence-electron chi connectivity index (χ2n) is 25.1. The van der Waals surface area contributed by atoms with Gasteiger partial charge in [-0.25, -0.2) is 34.9 Å². The standard InChI is InChI=1S/C18H11F3N2S.C17H12N2OS.C16H16N2S.C14H12N2S.C13H10N2S.C12H10N2S.3ClH/c1-12-23-16(11-24-12)7-5-13-6-8-17(22-10-13)14-3-2-4-15(9-14)18(19,20)21;1-13-19-15(12-21-13)9-7-14-8-10-17(18-11-14)20-16-5-3-2-4-6-16;1-12-18-15(11-19-12)8-6-13-7-9-16(17-10-13)14-4-2-3-5-14;1-10-16-14(9-17-10)5-2-11-6-13(8-15-7-11)12-3-4-12;1-3-11-6-12(8-14-7-11)4-5-13-9-16-10(2)15-13;1-9-5-11(7-13-6-9)3-4-12-8-15-10(2)14-12;;;/h2-4,6,8-11H,1H3;2-6,8,10-12H,1H3;7,9-11,14H,2-5H2,1H3;6-9,12H,3-4H2,1H3;3,6-9H,1H2,2H3;5-8H,1-2H3;3*1H/p-1. The number of halogens is 6. The van der Waals surface area contributed by atoms with E-state index in [2.05, 4.69) is 174 Å². The highest BCUT2D eigenvalue weighted by atomic mass is 35.5. The van der Waals surface area contributed by atoms with E-state index in [1.165, 1.54) is 72.2 Å². The summed E-state index contributed by atoms with van der Waals surface area (Å²) in [4.78, 5) is 49.0. The van der Waals surface area contributed by atoms with Crippen molar-refractivity contribution in [2.75, 3.05) is 0 Å². The number of pyridine rings is 6. The zero-order valence-electron chi connectivity index (χ0n) is 63.3. The van der Waals surface area contributed by atoms with E-state index in [0.717, 1.165) is 116 Å². The van der Waals surface area contributed by atoms with E-state index in [9.17, 15) is 13.2 Å². The first-order chi connectivity index (χ1) is 54.3. The van der Waals surface area contributed by atoms with Crippen molar-refractivity contribution in [1.82, 2.24) is 49.8 Å². The van der Waals surface area contributed by atoms with E-state index < -0.39 is 11.7 Å². The average Bonchev–Trinajstić information content (AvgIpc) is 1.79. The number of H-pyrrole nitrogens is 2. The second-order valence-corrected chi connectivity index (χ2v) is 31.5. The molecule has 25 heteroatoms. The maximum atomic E-state index is 12.8. The van der Waals surface area contributed by atoms with Crippen LogP contribution in [0.4, 0.5) is 13.2 Å². The third-order valence-electron chi connectivity index (χ3n) is 16.0. The predicted molar refractivity (Wildman–Crippen MR) is 445 cm³/mol. The SMILES string of the molecule is C=Cc1cncc(C#Cc2csc(C)n2)c1.Cc1[nH+]c(C#Cc2c[nH+]cc(C3CC3)c2)cs1.Cc1cncc(C#Cc2csc(C)n2)c1.Cc1nc(C#Cc2ccc(-c3cccc(C(F)(F)F)c3)nc2)cs1.Cc1nc(C#Cc2ccc(C3CCCC3)nc2)cs1.Cc1nc(C#Cc2ccc(Oc3ccccc3)nc2)cs1.[Cl-].[Cl-].[Cl-]. The lowest BCUT2D eigenvalue weighted by atomic mass is 10.0. The number of nitrogens with one attached hydrogen (secondary N) is 2. The zero-order valence-corrected chi connectivity index (χ0v) is 70.5. The van der Waals surface area contributed by atoms with Gasteiger partial charge in [-0.3, -0.25) is 19.9 Å². The molecule has 2 fully saturated rings. The molecule has 16 rings (SSSR count). The predicted octanol–water partition coefficient (Wildman–Crippen LogP) is 11.3. The van der Waals surface area contributed by atoms with Crippen molar-refractivity contribution in [3.63, 3.8) is 0 Å². The van der Waals surface area contributed by atoms with Gasteiger partial charge in [0.1, 0.15) is 34.2 Å². The molecule has 14 aromatic rings. The summed E-state index contributed by atoms with van der Waals surface area (Å²) >= 11 is 9.65. The minimum atomic E-state index is -4.37. The van der Waals surface area contributed by atoms with Crippen molar-refractivity contribution in [2.24, 2.45) is 0 Å². The van der Waals surface area contributed by atoms with Crippen LogP contribution in [0.1, 0.15) is 176 Å². The largest absolute Gasteiger partial charge is 1.00 e. The molecule has 2 aromatic carbocycles. The molecule has 2 aliphatic rings. The third kappa shape index (κ3) is 30.5. The third-order valence-corrected chi connectivity index (χ3v) is 20.7. The van der Waals surface area contributed by atoms with Gasteiger partial charge in [0.25, 0.3) is 5.69 Å². The highest BCUT2D eigenvalue weighted by Crippen LogP contribution is 2.39. The zero-order chi connectivity index (χ0) is 78.4. The van der Waals surface area contributed by atoms with Crippen LogP contribution in [0.3, 0.4) is 0 Å². The van der Waals surface area contributed by atoms with Gasteiger partial charge in [0.15, 0.2) is 12.4 Å². The van der Waals surface area contributed by atoms with Crippen molar-refractivity contribution in [3.8, 4) is 93.9 Å². The van der Waals surface area contributed by atoms with Gasteiger partial charge >= 0.3 is 6.18 Å². The minimum Gasteiger partial charge on any atom is -1.00 e. The first-order valence-corrected chi connectivity index (χ1v) is 40.6. The molecule has 12 aromatic heterocycles. The second kappa shape index (κ2) is 45.5. The van der Waals surface area contributed by atoms with Gasteiger partial charge < -0.3 is 42.0 Å². The fourth-order valence-electron chi connectivity index (χ4n) is 10.4. The number of thiazole rings is 6. The molecule has 0 saturated heterocycles. The highest BCUT2D eigenvalue weighted by molar-refractivity contribution is 7.10. The quantitative estimate of drug-likeness (QED) is 0.145. The summed E-state index contributed by atoms with van der Waals surface area (Å²) in [6, 6.07) is 32.1. The van der Waals surface area contributed by atoms with Crippen molar-refractivity contribution in [2.45, 2.75) is 105 Å². The van der Waals surface area contributed by atoms with Crippen LogP contribution >= 0.6 is 68.0 Å². The summed E-state index contributed by atoms with van der Waals surface area (Å²) in [5.41, 5.74) is 15.2. The van der Waals surface area contributed by atoms with Gasteiger partial charge in [-0.05, 0) is 193 Å². The molecule has 2 N–H and O–H groups in total. The normalized spacial score (nSPS) is 11.2. The van der Waals surface area contributed by atoms with Crippen molar-refractivity contribution in [1.29, 1.82) is 0 Å². The van der Waals surface area contributed by atoms with Crippen LogP contribution in [0, 0.1) is 120 Å². The molecule has 12 heterocycles. The Morgan fingerprint density at radius 3 is 1.40 bits per heavy atom. The van der Waals surface area contributed by atoms with E-state index in [-0.39, 0.29) is 37.2 Å². The highest BCUT2D eigenvalue weighted by Gasteiger charge is 2.30. The van der Waals surface area contributed by atoms with Crippen LogP contribution in [-0.2, 0) is 6.18 Å². The molecule has 0 aliphatic heterocycles. The maximum absolute atomic E-state index is 12.8. The van der Waals surface area contributed by atoms with Crippen LogP contribution in [0.25, 0.3) is 17.3 Å². The summed E-state index contributed by atoms with van der Waals surface area (Å²) in [6.07, 6.45) is 21.5. The molecule has 13 nitrogen and oxygen atoms in total. The number of para-hydroxylation sites is 1. The maximum Gasteiger partial charge on any atom is 0.416 e. The molecule has 0 atom stereocenters. The number of aromatic nitrogens is 12. The number of benzene rings is 2. The van der Waals surface area contributed by atoms with E-state index >= 15 is 0 Å². The lowest BCUT2D eigenvalue weighted by molar-refractivity contribution is -0.383. The molecular formula is C90H73Cl3F3N12OS6-.